The molecule has 1 aliphatic rings. The quantitative estimate of drug-likeness (QED) is 0.0105. The third-order valence-electron chi connectivity index (χ3n) is 10.1. The summed E-state index contributed by atoms with van der Waals surface area (Å²) in [4.78, 5) is 35.7. The van der Waals surface area contributed by atoms with E-state index in [2.05, 4.69) is 44.2 Å². The number of ether oxygens (including phenoxy) is 2. The number of allylic oxidation sites excluding steroid dienone is 10. The minimum atomic E-state index is -5.15. The van der Waals surface area contributed by atoms with Crippen LogP contribution in [0.5, 0.6) is 0 Å². The van der Waals surface area contributed by atoms with Crippen molar-refractivity contribution in [3.05, 3.63) is 72.9 Å². The lowest BCUT2D eigenvalue weighted by molar-refractivity contribution is -0.220. The Labute approximate surface area is 370 Å². The third-order valence-corrected chi connectivity index (χ3v) is 11.1. The molecule has 1 rings (SSSR count). The summed E-state index contributed by atoms with van der Waals surface area (Å²) in [6.07, 6.45) is 28.4. The van der Waals surface area contributed by atoms with Gasteiger partial charge in [0, 0.05) is 12.8 Å². The molecule has 0 aromatic carbocycles. The second kappa shape index (κ2) is 36.6. The summed E-state index contributed by atoms with van der Waals surface area (Å²) in [5.41, 5.74) is 0. The highest BCUT2D eigenvalue weighted by Gasteiger charge is 2.51. The highest BCUT2D eigenvalue weighted by molar-refractivity contribution is 7.47. The van der Waals surface area contributed by atoms with E-state index in [0.29, 0.717) is 32.1 Å². The fourth-order valence-electron chi connectivity index (χ4n) is 6.33. The molecule has 0 bridgehead atoms. The van der Waals surface area contributed by atoms with Gasteiger partial charge in [0.05, 0.1) is 12.7 Å². The van der Waals surface area contributed by atoms with E-state index >= 15 is 0 Å². The molecule has 62 heavy (non-hydrogen) atoms. The lowest BCUT2D eigenvalue weighted by atomic mass is 9.85. The summed E-state index contributed by atoms with van der Waals surface area (Å²) >= 11 is 0. The Morgan fingerprint density at radius 3 is 1.69 bits per heavy atom. The van der Waals surface area contributed by atoms with Crippen LogP contribution in [0.3, 0.4) is 0 Å². The van der Waals surface area contributed by atoms with Crippen LogP contribution >= 0.6 is 7.82 Å². The zero-order valence-electron chi connectivity index (χ0n) is 37.2. The van der Waals surface area contributed by atoms with Gasteiger partial charge in [0.1, 0.15) is 43.2 Å². The first-order chi connectivity index (χ1) is 29.8. The van der Waals surface area contributed by atoms with Crippen LogP contribution < -0.4 is 0 Å². The molecule has 0 heterocycles. The Balaban J connectivity index is 2.56. The van der Waals surface area contributed by atoms with Gasteiger partial charge in [-0.3, -0.25) is 18.6 Å². The van der Waals surface area contributed by atoms with Gasteiger partial charge in [-0.15, -0.1) is 0 Å². The normalized spacial score (nSPS) is 23.0. The topological polar surface area (TPSA) is 230 Å². The van der Waals surface area contributed by atoms with E-state index in [9.17, 15) is 49.7 Å². The smallest absolute Gasteiger partial charge is 0.462 e. The Hall–Kier alpha value is -2.75. The number of hydrogen-bond donors (Lipinski definition) is 7. The van der Waals surface area contributed by atoms with E-state index in [4.69, 9.17) is 18.5 Å². The molecule has 0 amide bonds. The number of esters is 2. The van der Waals surface area contributed by atoms with Crippen LogP contribution in [0, 0.1) is 0 Å². The van der Waals surface area contributed by atoms with Gasteiger partial charge in [0.2, 0.25) is 0 Å². The summed E-state index contributed by atoms with van der Waals surface area (Å²) < 4.78 is 33.4. The standard InChI is InChI=1S/C47H79O14P/c1-3-5-7-9-11-12-13-14-15-16-17-18-22-26-30-34-40(49)58-36-39(37-59-62(56,57)61-47-45(54)43(52)42(51)44(53)46(47)55)60-41(50)35-31-27-23-20-19-21-25-29-33-38(48)32-28-24-10-8-6-4-2/h11-12,14-15,20-21,23-25,28-29,33,38-39,42-48,51-55H,3-10,13,16-19,22,26-27,30-32,34-37H2,1-2H3,(H,56,57)/b12-11-,15-14-,23-20-,25-21-,28-24-,33-29+/t38-,39+,42?,43-,44+,45+,46+,47?/m0/s1. The zero-order valence-corrected chi connectivity index (χ0v) is 38.1. The van der Waals surface area contributed by atoms with Gasteiger partial charge >= 0.3 is 19.8 Å². The molecule has 9 atom stereocenters. The molecule has 0 saturated heterocycles. The number of phosphoric ester groups is 1. The Kier molecular flexibility index (Phi) is 33.8. The van der Waals surface area contributed by atoms with Gasteiger partial charge in [0.25, 0.3) is 0 Å². The molecule has 3 unspecified atom stereocenters. The monoisotopic (exact) mass is 899 g/mol. The molecule has 0 aliphatic heterocycles. The van der Waals surface area contributed by atoms with E-state index in [1.807, 2.05) is 30.4 Å². The minimum absolute atomic E-state index is 0.0177. The molecule has 0 radical (unpaired) electrons. The van der Waals surface area contributed by atoms with E-state index in [1.165, 1.54) is 32.1 Å². The van der Waals surface area contributed by atoms with Crippen molar-refractivity contribution in [1.82, 2.24) is 0 Å². The van der Waals surface area contributed by atoms with Crippen molar-refractivity contribution < 1.29 is 68.2 Å². The number of aliphatic hydroxyl groups excluding tert-OH is 6. The molecule has 356 valence electrons. The van der Waals surface area contributed by atoms with Crippen LogP contribution in [0.4, 0.5) is 0 Å². The first-order valence-corrected chi connectivity index (χ1v) is 24.3. The average molecular weight is 899 g/mol. The fourth-order valence-corrected chi connectivity index (χ4v) is 7.31. The first kappa shape index (κ1) is 57.3. The number of hydrogen-bond acceptors (Lipinski definition) is 13. The van der Waals surface area contributed by atoms with Crippen LogP contribution in [0.15, 0.2) is 72.9 Å². The average Bonchev–Trinajstić information content (AvgIpc) is 3.25. The van der Waals surface area contributed by atoms with Crippen LogP contribution in [-0.2, 0) is 32.7 Å². The molecule has 1 saturated carbocycles. The van der Waals surface area contributed by atoms with Gasteiger partial charge in [0.15, 0.2) is 6.10 Å². The molecule has 1 aliphatic carbocycles. The largest absolute Gasteiger partial charge is 0.472 e. The number of rotatable bonds is 36. The van der Waals surface area contributed by atoms with Crippen molar-refractivity contribution in [3.63, 3.8) is 0 Å². The molecular formula is C47H79O14P. The number of unbranched alkanes of at least 4 members (excludes halogenated alkanes) is 12. The molecule has 0 aromatic heterocycles. The van der Waals surface area contributed by atoms with Crippen LogP contribution in [0.1, 0.15) is 149 Å². The second-order valence-corrected chi connectivity index (χ2v) is 17.2. The maximum atomic E-state index is 12.8. The number of carbonyl (C=O) groups is 2. The molecular weight excluding hydrogens is 819 g/mol. The van der Waals surface area contributed by atoms with E-state index in [1.54, 1.807) is 12.2 Å². The van der Waals surface area contributed by atoms with Gasteiger partial charge in [-0.25, -0.2) is 4.57 Å². The lowest BCUT2D eigenvalue weighted by Crippen LogP contribution is -2.64. The Morgan fingerprint density at radius 2 is 1.08 bits per heavy atom. The van der Waals surface area contributed by atoms with Crippen LogP contribution in [0.25, 0.3) is 0 Å². The van der Waals surface area contributed by atoms with E-state index in [-0.39, 0.29) is 12.8 Å². The van der Waals surface area contributed by atoms with Crippen molar-refractivity contribution in [3.8, 4) is 0 Å². The summed E-state index contributed by atoms with van der Waals surface area (Å²) in [5.74, 6) is -1.23. The minimum Gasteiger partial charge on any atom is -0.462 e. The fraction of sp³-hybridized carbons (Fsp3) is 0.702. The summed E-state index contributed by atoms with van der Waals surface area (Å²) in [6.45, 7) is 3.10. The van der Waals surface area contributed by atoms with Crippen molar-refractivity contribution in [1.29, 1.82) is 0 Å². The molecule has 7 N–H and O–H groups in total. The third kappa shape index (κ3) is 28.8. The van der Waals surface area contributed by atoms with E-state index in [0.717, 1.165) is 57.8 Å². The molecule has 1 fully saturated rings. The highest BCUT2D eigenvalue weighted by atomic mass is 31.2. The number of aliphatic hydroxyl groups is 6. The van der Waals surface area contributed by atoms with Gasteiger partial charge in [-0.2, -0.15) is 0 Å². The molecule has 0 spiro atoms. The van der Waals surface area contributed by atoms with E-state index < -0.39 is 81.8 Å². The summed E-state index contributed by atoms with van der Waals surface area (Å²) in [6, 6.07) is 0. The van der Waals surface area contributed by atoms with Crippen molar-refractivity contribution in [2.45, 2.75) is 198 Å². The van der Waals surface area contributed by atoms with Crippen molar-refractivity contribution in [2.24, 2.45) is 0 Å². The molecule has 15 heteroatoms. The van der Waals surface area contributed by atoms with Gasteiger partial charge in [-0.1, -0.05) is 132 Å². The maximum absolute atomic E-state index is 12.8. The predicted molar refractivity (Wildman–Crippen MR) is 241 cm³/mol. The van der Waals surface area contributed by atoms with Gasteiger partial charge < -0.3 is 45.0 Å². The predicted octanol–water partition coefficient (Wildman–Crippen LogP) is 7.69. The highest BCUT2D eigenvalue weighted by Crippen LogP contribution is 2.47. The SMILES string of the molecule is CCCCC/C=C\C/C=C\CCCCCCCC(=O)OC[C@H](COP(=O)(O)OC1[C@H](O)[C@H](O)C(O)[C@H](O)[C@H]1O)OC(=O)CCC/C=C\C/C=C\C=C\[C@@H](O)C/C=C\CCCCC. The molecule has 0 aromatic rings. The van der Waals surface area contributed by atoms with Gasteiger partial charge in [-0.05, 0) is 77.0 Å². The van der Waals surface area contributed by atoms with Crippen molar-refractivity contribution in [2.75, 3.05) is 13.2 Å². The lowest BCUT2D eigenvalue weighted by Gasteiger charge is -2.41. The van der Waals surface area contributed by atoms with Crippen LogP contribution in [-0.4, -0.2) is 110 Å². The van der Waals surface area contributed by atoms with Crippen molar-refractivity contribution >= 4 is 19.8 Å². The Bertz CT molecular complexity index is 1380. The van der Waals surface area contributed by atoms with Crippen LogP contribution in [0.2, 0.25) is 0 Å². The summed E-state index contributed by atoms with van der Waals surface area (Å²) in [7, 11) is -5.15. The molecule has 14 nitrogen and oxygen atoms in total. The first-order valence-electron chi connectivity index (χ1n) is 22.8. The number of phosphoric acid groups is 1. The summed E-state index contributed by atoms with van der Waals surface area (Å²) in [5, 5.41) is 60.2. The number of carbonyl (C=O) groups excluding carboxylic acids is 2. The second-order valence-electron chi connectivity index (χ2n) is 15.7. The maximum Gasteiger partial charge on any atom is 0.472 e. The zero-order chi connectivity index (χ0) is 45.9. The Morgan fingerprint density at radius 1 is 0.581 bits per heavy atom.